The van der Waals surface area contributed by atoms with Crippen molar-refractivity contribution < 1.29 is 35.9 Å². The number of benzene rings is 2. The summed E-state index contributed by atoms with van der Waals surface area (Å²) in [5.74, 6) is -2.52. The molecule has 5 nitrogen and oxygen atoms in total. The van der Waals surface area contributed by atoms with Crippen LogP contribution >= 0.6 is 0 Å². The van der Waals surface area contributed by atoms with Crippen molar-refractivity contribution >= 4 is 29.9 Å². The van der Waals surface area contributed by atoms with Crippen molar-refractivity contribution in [3.05, 3.63) is 82.9 Å². The van der Waals surface area contributed by atoms with Gasteiger partial charge in [0.05, 0.1) is 11.1 Å². The van der Waals surface area contributed by atoms with Crippen LogP contribution in [0.2, 0.25) is 0 Å². The van der Waals surface area contributed by atoms with Gasteiger partial charge in [0.15, 0.2) is 0 Å². The molecular formula is C21H15F6N3O2. The molecule has 0 unspecified atom stereocenters. The standard InChI is InChI=1S/C21H15F6N3O2/c22-20(23,24)15-5-1-3-13(11-15)7-9-17(31)29-19(28)30-18(32)10-8-14-4-2-6-16(12-14)21(25,26)27/h1-12H,(H3,28,29,30,31,32)/b9-7+,10-8+. The van der Waals surface area contributed by atoms with Crippen LogP contribution in [-0.4, -0.2) is 17.8 Å². The number of halogens is 6. The lowest BCUT2D eigenvalue weighted by atomic mass is 10.1. The predicted molar refractivity (Wildman–Crippen MR) is 105 cm³/mol. The Bertz CT molecular complexity index is 988. The van der Waals surface area contributed by atoms with Gasteiger partial charge in [0, 0.05) is 12.2 Å². The third kappa shape index (κ3) is 7.74. The molecule has 0 saturated carbocycles. The van der Waals surface area contributed by atoms with E-state index in [1.54, 1.807) is 0 Å². The molecular weight excluding hydrogens is 440 g/mol. The summed E-state index contributed by atoms with van der Waals surface area (Å²) in [6.45, 7) is 0. The SMILES string of the molecule is N=C(NC(=O)/C=C/c1cccc(C(F)(F)F)c1)NC(=O)/C=C/c1cccc(C(F)(F)F)c1. The zero-order valence-electron chi connectivity index (χ0n) is 16.0. The normalized spacial score (nSPS) is 12.2. The number of carbonyl (C=O) groups is 2. The average Bonchev–Trinajstić information content (AvgIpc) is 2.70. The molecule has 0 radical (unpaired) electrons. The summed E-state index contributed by atoms with van der Waals surface area (Å²) in [4.78, 5) is 23.5. The van der Waals surface area contributed by atoms with E-state index in [1.807, 2.05) is 10.6 Å². The van der Waals surface area contributed by atoms with Crippen molar-refractivity contribution in [3.63, 3.8) is 0 Å². The molecule has 32 heavy (non-hydrogen) atoms. The third-order valence-electron chi connectivity index (χ3n) is 3.78. The van der Waals surface area contributed by atoms with Gasteiger partial charge in [-0.2, -0.15) is 26.3 Å². The molecule has 0 bridgehead atoms. The van der Waals surface area contributed by atoms with Crippen LogP contribution in [0.4, 0.5) is 26.3 Å². The highest BCUT2D eigenvalue weighted by atomic mass is 19.4. The number of rotatable bonds is 4. The molecule has 0 saturated heterocycles. The van der Waals surface area contributed by atoms with Crippen LogP contribution in [0.1, 0.15) is 22.3 Å². The summed E-state index contributed by atoms with van der Waals surface area (Å²) >= 11 is 0. The Labute approximate surface area is 177 Å². The second-order valence-corrected chi connectivity index (χ2v) is 6.27. The van der Waals surface area contributed by atoms with Crippen LogP contribution in [0, 0.1) is 5.41 Å². The summed E-state index contributed by atoms with van der Waals surface area (Å²) in [5, 5.41) is 11.5. The predicted octanol–water partition coefficient (Wildman–Crippen LogP) is 4.62. The minimum Gasteiger partial charge on any atom is -0.293 e. The molecule has 11 heteroatoms. The number of amides is 2. The van der Waals surface area contributed by atoms with E-state index in [0.717, 1.165) is 48.6 Å². The average molecular weight is 455 g/mol. The molecule has 3 N–H and O–H groups in total. The highest BCUT2D eigenvalue weighted by Gasteiger charge is 2.30. The van der Waals surface area contributed by atoms with Gasteiger partial charge in [0.2, 0.25) is 5.96 Å². The number of hydrogen-bond acceptors (Lipinski definition) is 3. The van der Waals surface area contributed by atoms with Gasteiger partial charge < -0.3 is 0 Å². The zero-order chi connectivity index (χ0) is 23.9. The first kappa shape index (κ1) is 24.4. The Hall–Kier alpha value is -3.89. The summed E-state index contributed by atoms with van der Waals surface area (Å²) in [5.41, 5.74) is -1.61. The smallest absolute Gasteiger partial charge is 0.293 e. The van der Waals surface area contributed by atoms with Gasteiger partial charge in [-0.15, -0.1) is 0 Å². The summed E-state index contributed by atoms with van der Waals surface area (Å²) in [7, 11) is 0. The van der Waals surface area contributed by atoms with Crippen molar-refractivity contribution in [1.82, 2.24) is 10.6 Å². The fraction of sp³-hybridized carbons (Fsp3) is 0.0952. The zero-order valence-corrected chi connectivity index (χ0v) is 16.0. The van der Waals surface area contributed by atoms with Crippen LogP contribution < -0.4 is 10.6 Å². The highest BCUT2D eigenvalue weighted by Crippen LogP contribution is 2.30. The Balaban J connectivity index is 1.91. The van der Waals surface area contributed by atoms with Gasteiger partial charge in [-0.25, -0.2) is 0 Å². The van der Waals surface area contributed by atoms with E-state index >= 15 is 0 Å². The van der Waals surface area contributed by atoms with E-state index < -0.39 is 41.3 Å². The molecule has 0 spiro atoms. The summed E-state index contributed by atoms with van der Waals surface area (Å²) in [6, 6.07) is 8.41. The van der Waals surface area contributed by atoms with Crippen LogP contribution in [-0.2, 0) is 21.9 Å². The van der Waals surface area contributed by atoms with E-state index in [2.05, 4.69) is 0 Å². The lowest BCUT2D eigenvalue weighted by Crippen LogP contribution is -2.41. The van der Waals surface area contributed by atoms with Gasteiger partial charge in [-0.05, 0) is 47.5 Å². The van der Waals surface area contributed by atoms with Crippen LogP contribution in [0.3, 0.4) is 0 Å². The maximum atomic E-state index is 12.7. The van der Waals surface area contributed by atoms with E-state index in [1.165, 1.54) is 24.3 Å². The summed E-state index contributed by atoms with van der Waals surface area (Å²) in [6.07, 6.45) is -5.16. The Morgan fingerprint density at radius 1 is 0.719 bits per heavy atom. The van der Waals surface area contributed by atoms with Gasteiger partial charge >= 0.3 is 12.4 Å². The topological polar surface area (TPSA) is 82.1 Å². The molecule has 0 aliphatic carbocycles. The van der Waals surface area contributed by atoms with Gasteiger partial charge in [-0.3, -0.25) is 25.6 Å². The van der Waals surface area contributed by atoms with Crippen molar-refractivity contribution in [2.45, 2.75) is 12.4 Å². The number of carbonyl (C=O) groups excluding carboxylic acids is 2. The fourth-order valence-corrected chi connectivity index (χ4v) is 2.34. The van der Waals surface area contributed by atoms with Crippen molar-refractivity contribution in [3.8, 4) is 0 Å². The molecule has 2 rings (SSSR count). The first-order valence-corrected chi connectivity index (χ1v) is 8.76. The Morgan fingerprint density at radius 2 is 1.09 bits per heavy atom. The monoisotopic (exact) mass is 455 g/mol. The second kappa shape index (κ2) is 9.94. The van der Waals surface area contributed by atoms with Crippen molar-refractivity contribution in [2.75, 3.05) is 0 Å². The molecule has 2 aromatic rings. The molecule has 0 aromatic heterocycles. The van der Waals surface area contributed by atoms with Crippen LogP contribution in [0.25, 0.3) is 12.2 Å². The Kier molecular flexibility index (Phi) is 7.58. The minimum absolute atomic E-state index is 0.0922. The van der Waals surface area contributed by atoms with Crippen LogP contribution in [0.15, 0.2) is 60.7 Å². The molecule has 0 heterocycles. The van der Waals surface area contributed by atoms with Gasteiger partial charge in [0.1, 0.15) is 0 Å². The third-order valence-corrected chi connectivity index (χ3v) is 3.78. The van der Waals surface area contributed by atoms with Crippen LogP contribution in [0.5, 0.6) is 0 Å². The lowest BCUT2D eigenvalue weighted by Gasteiger charge is -2.07. The molecule has 0 fully saturated rings. The van der Waals surface area contributed by atoms with Crippen molar-refractivity contribution in [2.24, 2.45) is 0 Å². The number of alkyl halides is 6. The first-order valence-electron chi connectivity index (χ1n) is 8.76. The van der Waals surface area contributed by atoms with Crippen molar-refractivity contribution in [1.29, 1.82) is 5.41 Å². The minimum atomic E-state index is -4.54. The number of hydrogen-bond donors (Lipinski definition) is 3. The number of guanidine groups is 1. The van der Waals surface area contributed by atoms with Gasteiger partial charge in [-0.1, -0.05) is 24.3 Å². The Morgan fingerprint density at radius 3 is 1.44 bits per heavy atom. The molecule has 0 aliphatic rings. The van der Waals surface area contributed by atoms with E-state index in [0.29, 0.717) is 0 Å². The lowest BCUT2D eigenvalue weighted by molar-refractivity contribution is -0.138. The van der Waals surface area contributed by atoms with Gasteiger partial charge in [0.25, 0.3) is 11.8 Å². The quantitative estimate of drug-likeness (QED) is 0.272. The highest BCUT2D eigenvalue weighted by molar-refractivity contribution is 6.10. The maximum Gasteiger partial charge on any atom is 0.416 e. The molecule has 2 amide bonds. The molecule has 0 atom stereocenters. The van der Waals surface area contributed by atoms with E-state index in [4.69, 9.17) is 5.41 Å². The van der Waals surface area contributed by atoms with E-state index in [9.17, 15) is 35.9 Å². The molecule has 2 aromatic carbocycles. The first-order chi connectivity index (χ1) is 14.8. The number of nitrogens with one attached hydrogen (secondary N) is 3. The summed E-state index contributed by atoms with van der Waals surface area (Å²) < 4.78 is 76.1. The second-order valence-electron chi connectivity index (χ2n) is 6.27. The van der Waals surface area contributed by atoms with E-state index in [-0.39, 0.29) is 11.1 Å². The fourth-order valence-electron chi connectivity index (χ4n) is 2.34. The largest absolute Gasteiger partial charge is 0.416 e. The molecule has 168 valence electrons. The maximum absolute atomic E-state index is 12.7. The molecule has 0 aliphatic heterocycles.